The van der Waals surface area contributed by atoms with E-state index >= 15 is 0 Å². The number of fused-ring (bicyclic) bond motifs is 2. The van der Waals surface area contributed by atoms with Crippen LogP contribution in [0.1, 0.15) is 40.4 Å². The molecule has 0 radical (unpaired) electrons. The van der Waals surface area contributed by atoms with E-state index in [1.54, 1.807) is 29.6 Å². The number of imidazole rings is 1. The lowest BCUT2D eigenvalue weighted by Crippen LogP contribution is -2.62. The Hall–Kier alpha value is -4.00. The maximum atomic E-state index is 13.8. The van der Waals surface area contributed by atoms with Crippen LogP contribution in [0.5, 0.6) is 0 Å². The van der Waals surface area contributed by atoms with Crippen molar-refractivity contribution < 1.29 is 19.0 Å². The van der Waals surface area contributed by atoms with Crippen LogP contribution in [-0.4, -0.2) is 63.4 Å². The first-order valence-corrected chi connectivity index (χ1v) is 16.1. The first-order valence-electron chi connectivity index (χ1n) is 14.9. The minimum Gasteiger partial charge on any atom is -0.619 e. The van der Waals surface area contributed by atoms with Crippen molar-refractivity contribution in [2.75, 3.05) is 26.2 Å². The third-order valence-corrected chi connectivity index (χ3v) is 9.19. The molecule has 1 fully saturated rings. The number of carbonyl (C=O) groups excluding carboxylic acids is 2. The fourth-order valence-electron chi connectivity index (χ4n) is 6.35. The molecule has 11 nitrogen and oxygen atoms in total. The summed E-state index contributed by atoms with van der Waals surface area (Å²) in [5, 5.41) is 28.7. The van der Waals surface area contributed by atoms with E-state index in [0.29, 0.717) is 64.5 Å². The van der Waals surface area contributed by atoms with Gasteiger partial charge in [-0.2, -0.15) is 9.46 Å². The molecule has 45 heavy (non-hydrogen) atoms. The molecular formula is C32H33BrClN7O4. The predicted octanol–water partition coefficient (Wildman–Crippen LogP) is 2.72. The Labute approximate surface area is 274 Å². The topological polar surface area (TPSA) is 124 Å². The van der Waals surface area contributed by atoms with Crippen molar-refractivity contribution in [3.8, 4) is 0 Å². The second-order valence-electron chi connectivity index (χ2n) is 11.4. The number of piperazine rings is 1. The quantitative estimate of drug-likeness (QED) is 0.172. The second-order valence-corrected chi connectivity index (χ2v) is 12.8. The smallest absolute Gasteiger partial charge is 0.244 e. The molecule has 0 spiro atoms. The number of benzene rings is 1. The highest BCUT2D eigenvalue weighted by molar-refractivity contribution is 9.10. The maximum Gasteiger partial charge on any atom is 0.244 e. The van der Waals surface area contributed by atoms with E-state index in [9.17, 15) is 20.0 Å². The number of amides is 2. The number of hydrogen-bond acceptors (Lipinski definition) is 6. The average molecular weight is 695 g/mol. The number of aromatic nitrogens is 4. The van der Waals surface area contributed by atoms with Crippen LogP contribution in [0.25, 0.3) is 0 Å². The van der Waals surface area contributed by atoms with E-state index in [2.05, 4.69) is 31.1 Å². The molecular weight excluding hydrogens is 662 g/mol. The van der Waals surface area contributed by atoms with Gasteiger partial charge in [0, 0.05) is 67.8 Å². The van der Waals surface area contributed by atoms with Crippen molar-refractivity contribution in [2.24, 2.45) is 0 Å². The Morgan fingerprint density at radius 1 is 1.09 bits per heavy atom. The molecule has 4 aromatic rings. The first-order chi connectivity index (χ1) is 21.8. The summed E-state index contributed by atoms with van der Waals surface area (Å²) < 4.78 is 4.24. The number of carbonyl (C=O) groups is 2. The molecule has 1 aliphatic carbocycles. The van der Waals surface area contributed by atoms with Gasteiger partial charge >= 0.3 is 0 Å². The molecule has 0 bridgehead atoms. The molecule has 2 atom stereocenters. The molecule has 2 unspecified atom stereocenters. The standard InChI is InChI=1S/C32H33BrClN7O4/c33-25-17-24-3-2-23-18-26(34)4-5-27(23)31(30(24)41(45)19-25)38-14-15-40(29(42)16-22-6-11-39(44)12-7-22)28(20-38)32(43)36-8-1-10-37-13-9-35-21-37/h4-7,9,11-13,17-19,21,28,31H,1-3,8,10,14-16,20H2,(H,36,43). The van der Waals surface area contributed by atoms with Crippen LogP contribution in [-0.2, 0) is 35.4 Å². The summed E-state index contributed by atoms with van der Waals surface area (Å²) in [5.41, 5.74) is 4.26. The molecule has 234 valence electrons. The average Bonchev–Trinajstić information content (AvgIpc) is 3.49. The van der Waals surface area contributed by atoms with E-state index in [0.717, 1.165) is 27.8 Å². The minimum absolute atomic E-state index is 0.0629. The van der Waals surface area contributed by atoms with Crippen LogP contribution >= 0.6 is 27.5 Å². The van der Waals surface area contributed by atoms with Crippen molar-refractivity contribution in [3.63, 3.8) is 0 Å². The monoisotopic (exact) mass is 693 g/mol. The van der Waals surface area contributed by atoms with Gasteiger partial charge in [0.15, 0.2) is 18.6 Å². The van der Waals surface area contributed by atoms with Gasteiger partial charge in [-0.15, -0.1) is 0 Å². The van der Waals surface area contributed by atoms with Gasteiger partial charge in [0.2, 0.25) is 17.5 Å². The molecule has 3 aromatic heterocycles. The number of nitrogens with zero attached hydrogens (tertiary/aromatic N) is 6. The summed E-state index contributed by atoms with van der Waals surface area (Å²) in [4.78, 5) is 35.3. The van der Waals surface area contributed by atoms with Crippen LogP contribution in [0, 0.1) is 10.4 Å². The van der Waals surface area contributed by atoms with Gasteiger partial charge in [-0.1, -0.05) is 17.7 Å². The SMILES string of the molecule is O=C(NCCCn1ccnc1)C1CN(C2c3ccc(Cl)cc3CCc3cc(Br)c[n+]([O-])c32)CCN1C(=O)Cc1cc[n+]([O-])cc1. The molecule has 1 N–H and O–H groups in total. The number of nitrogens with one attached hydrogen (secondary N) is 1. The molecule has 1 saturated heterocycles. The van der Waals surface area contributed by atoms with Gasteiger partial charge in [-0.25, -0.2) is 4.98 Å². The maximum absolute atomic E-state index is 13.8. The highest BCUT2D eigenvalue weighted by Crippen LogP contribution is 2.38. The summed E-state index contributed by atoms with van der Waals surface area (Å²) in [6.45, 7) is 2.11. The second kappa shape index (κ2) is 13.6. The van der Waals surface area contributed by atoms with Crippen molar-refractivity contribution in [2.45, 2.75) is 44.3 Å². The predicted molar refractivity (Wildman–Crippen MR) is 170 cm³/mol. The van der Waals surface area contributed by atoms with E-state index in [1.807, 2.05) is 35.0 Å². The molecule has 13 heteroatoms. The zero-order valence-electron chi connectivity index (χ0n) is 24.5. The summed E-state index contributed by atoms with van der Waals surface area (Å²) in [5.74, 6) is -0.451. The highest BCUT2D eigenvalue weighted by atomic mass is 79.9. The fourth-order valence-corrected chi connectivity index (χ4v) is 7.01. The van der Waals surface area contributed by atoms with Gasteiger partial charge in [-0.3, -0.25) is 14.5 Å². The van der Waals surface area contributed by atoms with Gasteiger partial charge in [0.25, 0.3) is 0 Å². The van der Waals surface area contributed by atoms with Crippen LogP contribution in [0.3, 0.4) is 0 Å². The van der Waals surface area contributed by atoms with E-state index in [4.69, 9.17) is 11.6 Å². The Kier molecular flexibility index (Phi) is 9.34. The summed E-state index contributed by atoms with van der Waals surface area (Å²) in [7, 11) is 0. The van der Waals surface area contributed by atoms with Gasteiger partial charge < -0.3 is 25.2 Å². The van der Waals surface area contributed by atoms with Crippen molar-refractivity contribution in [3.05, 3.63) is 122 Å². The lowest BCUT2D eigenvalue weighted by molar-refractivity contribution is -0.617. The van der Waals surface area contributed by atoms with Gasteiger partial charge in [0.05, 0.1) is 17.2 Å². The minimum atomic E-state index is -0.786. The highest BCUT2D eigenvalue weighted by Gasteiger charge is 2.42. The summed E-state index contributed by atoms with van der Waals surface area (Å²) in [6, 6.07) is 9.75. The summed E-state index contributed by atoms with van der Waals surface area (Å²) in [6.07, 6.45) is 11.7. The van der Waals surface area contributed by atoms with E-state index in [1.165, 1.54) is 18.6 Å². The van der Waals surface area contributed by atoms with Crippen LogP contribution in [0.4, 0.5) is 0 Å². The molecule has 2 amide bonds. The summed E-state index contributed by atoms with van der Waals surface area (Å²) >= 11 is 9.89. The van der Waals surface area contributed by atoms with Crippen LogP contribution < -0.4 is 14.8 Å². The molecule has 1 aliphatic heterocycles. The van der Waals surface area contributed by atoms with Crippen molar-refractivity contribution >= 4 is 39.3 Å². The molecule has 1 aromatic carbocycles. The Bertz CT molecular complexity index is 1690. The van der Waals surface area contributed by atoms with E-state index < -0.39 is 12.1 Å². The normalized spacial score (nSPS) is 18.1. The van der Waals surface area contributed by atoms with Crippen LogP contribution in [0.15, 0.2) is 78.2 Å². The molecule has 2 aliphatic rings. The largest absolute Gasteiger partial charge is 0.619 e. The number of rotatable bonds is 8. The Morgan fingerprint density at radius 2 is 1.89 bits per heavy atom. The number of pyridine rings is 2. The van der Waals surface area contributed by atoms with Crippen molar-refractivity contribution in [1.29, 1.82) is 0 Å². The zero-order valence-corrected chi connectivity index (χ0v) is 26.9. The molecule has 4 heterocycles. The molecule has 0 saturated carbocycles. The van der Waals surface area contributed by atoms with Gasteiger partial charge in [-0.05, 0) is 70.1 Å². The Balaban J connectivity index is 1.29. The zero-order chi connectivity index (χ0) is 31.5. The van der Waals surface area contributed by atoms with Crippen molar-refractivity contribution in [1.82, 2.24) is 24.7 Å². The fraction of sp³-hybridized carbons (Fsp3) is 0.344. The number of aryl methyl sites for hydroxylation is 3. The molecule has 6 rings (SSSR count). The lowest BCUT2D eigenvalue weighted by Gasteiger charge is -2.43. The third-order valence-electron chi connectivity index (χ3n) is 8.52. The van der Waals surface area contributed by atoms with Crippen LogP contribution in [0.2, 0.25) is 5.02 Å². The number of hydrogen-bond donors (Lipinski definition) is 1. The Morgan fingerprint density at radius 3 is 2.67 bits per heavy atom. The first kappa shape index (κ1) is 31.0. The van der Waals surface area contributed by atoms with E-state index in [-0.39, 0.29) is 24.8 Å². The lowest BCUT2D eigenvalue weighted by atomic mass is 9.95. The van der Waals surface area contributed by atoms with Gasteiger partial charge in [0.1, 0.15) is 12.1 Å². The number of halogens is 2. The third kappa shape index (κ3) is 6.98.